The summed E-state index contributed by atoms with van der Waals surface area (Å²) in [5, 5.41) is 3.56. The standard InChI is InChI=1S/C20H22ClNO3S/c1-13-5-3-6-14(2)19(13)22-18(23)12-26-11-15-9-16(21)20-17(10-15)24-7-4-8-25-20/h3,5-6,9-10H,4,7-8,11-12H2,1-2H3,(H,22,23). The third kappa shape index (κ3) is 4.65. The summed E-state index contributed by atoms with van der Waals surface area (Å²) >= 11 is 7.85. The maximum absolute atomic E-state index is 12.2. The van der Waals surface area contributed by atoms with E-state index >= 15 is 0 Å². The lowest BCUT2D eigenvalue weighted by Gasteiger charge is -2.12. The topological polar surface area (TPSA) is 47.6 Å². The highest BCUT2D eigenvalue weighted by atomic mass is 35.5. The third-order valence-corrected chi connectivity index (χ3v) is 5.39. The fourth-order valence-corrected chi connectivity index (χ4v) is 3.87. The lowest BCUT2D eigenvalue weighted by Crippen LogP contribution is -2.15. The van der Waals surface area contributed by atoms with Crippen LogP contribution >= 0.6 is 23.4 Å². The normalized spacial score (nSPS) is 13.2. The summed E-state index contributed by atoms with van der Waals surface area (Å²) in [5.41, 5.74) is 4.05. The van der Waals surface area contributed by atoms with E-state index < -0.39 is 0 Å². The Hall–Kier alpha value is -1.85. The average molecular weight is 392 g/mol. The maximum atomic E-state index is 12.2. The summed E-state index contributed by atoms with van der Waals surface area (Å²) < 4.78 is 11.3. The van der Waals surface area contributed by atoms with Crippen molar-refractivity contribution in [2.24, 2.45) is 0 Å². The zero-order valence-electron chi connectivity index (χ0n) is 14.9. The van der Waals surface area contributed by atoms with Gasteiger partial charge in [-0.3, -0.25) is 4.79 Å². The van der Waals surface area contributed by atoms with Gasteiger partial charge in [-0.15, -0.1) is 11.8 Å². The van der Waals surface area contributed by atoms with Crippen LogP contribution in [0, 0.1) is 13.8 Å². The zero-order chi connectivity index (χ0) is 18.5. The van der Waals surface area contributed by atoms with E-state index in [0.29, 0.717) is 41.2 Å². The van der Waals surface area contributed by atoms with Crippen LogP contribution in [0.4, 0.5) is 5.69 Å². The van der Waals surface area contributed by atoms with Crippen molar-refractivity contribution in [2.45, 2.75) is 26.0 Å². The van der Waals surface area contributed by atoms with E-state index in [-0.39, 0.29) is 5.91 Å². The molecule has 0 unspecified atom stereocenters. The van der Waals surface area contributed by atoms with E-state index in [1.165, 1.54) is 0 Å². The highest BCUT2D eigenvalue weighted by Gasteiger charge is 2.16. The molecule has 1 amide bonds. The summed E-state index contributed by atoms with van der Waals surface area (Å²) in [5.74, 6) is 2.35. The maximum Gasteiger partial charge on any atom is 0.234 e. The molecular weight excluding hydrogens is 370 g/mol. The van der Waals surface area contributed by atoms with Gasteiger partial charge in [0.15, 0.2) is 11.5 Å². The van der Waals surface area contributed by atoms with Gasteiger partial charge in [0, 0.05) is 17.9 Å². The number of halogens is 1. The van der Waals surface area contributed by atoms with E-state index in [1.54, 1.807) is 11.8 Å². The minimum absolute atomic E-state index is 0.00663. The molecule has 0 atom stereocenters. The van der Waals surface area contributed by atoms with Gasteiger partial charge in [0.1, 0.15) is 0 Å². The van der Waals surface area contributed by atoms with Gasteiger partial charge in [-0.2, -0.15) is 0 Å². The lowest BCUT2D eigenvalue weighted by molar-refractivity contribution is -0.113. The smallest absolute Gasteiger partial charge is 0.234 e. The molecule has 1 heterocycles. The van der Waals surface area contributed by atoms with E-state index in [4.69, 9.17) is 21.1 Å². The molecule has 0 saturated carbocycles. The molecule has 3 rings (SSSR count). The van der Waals surface area contributed by atoms with Crippen LogP contribution in [0.1, 0.15) is 23.1 Å². The second-order valence-electron chi connectivity index (χ2n) is 6.26. The van der Waals surface area contributed by atoms with Gasteiger partial charge in [-0.1, -0.05) is 29.8 Å². The zero-order valence-corrected chi connectivity index (χ0v) is 16.5. The number of ether oxygens (including phenoxy) is 2. The number of aryl methyl sites for hydroxylation is 2. The van der Waals surface area contributed by atoms with Crippen molar-refractivity contribution in [3.05, 3.63) is 52.0 Å². The van der Waals surface area contributed by atoms with Crippen LogP contribution in [-0.2, 0) is 10.5 Å². The van der Waals surface area contributed by atoms with Crippen LogP contribution in [-0.4, -0.2) is 24.9 Å². The van der Waals surface area contributed by atoms with Crippen molar-refractivity contribution in [1.82, 2.24) is 0 Å². The molecule has 0 bridgehead atoms. The highest BCUT2D eigenvalue weighted by Crippen LogP contribution is 2.38. The van der Waals surface area contributed by atoms with E-state index in [2.05, 4.69) is 5.32 Å². The Bertz CT molecular complexity index is 790. The minimum Gasteiger partial charge on any atom is -0.489 e. The summed E-state index contributed by atoms with van der Waals surface area (Å²) in [7, 11) is 0. The molecule has 0 saturated heterocycles. The van der Waals surface area contributed by atoms with Gasteiger partial charge in [0.05, 0.1) is 24.0 Å². The Labute approximate surface area is 163 Å². The highest BCUT2D eigenvalue weighted by molar-refractivity contribution is 7.99. The number of benzene rings is 2. The molecule has 1 N–H and O–H groups in total. The number of amides is 1. The second kappa shape index (κ2) is 8.69. The number of para-hydroxylation sites is 1. The molecule has 1 aliphatic rings. The fourth-order valence-electron chi connectivity index (χ4n) is 2.82. The van der Waals surface area contributed by atoms with Crippen molar-refractivity contribution in [1.29, 1.82) is 0 Å². The van der Waals surface area contributed by atoms with Crippen molar-refractivity contribution >= 4 is 35.0 Å². The first-order valence-electron chi connectivity index (χ1n) is 8.56. The molecule has 4 nitrogen and oxygen atoms in total. The van der Waals surface area contributed by atoms with E-state index in [0.717, 1.165) is 28.8 Å². The Morgan fingerprint density at radius 2 is 1.92 bits per heavy atom. The first kappa shape index (κ1) is 18.9. The summed E-state index contributed by atoms with van der Waals surface area (Å²) in [6.07, 6.45) is 0.841. The number of nitrogens with one attached hydrogen (secondary N) is 1. The number of rotatable bonds is 5. The van der Waals surface area contributed by atoms with Gasteiger partial charge in [0.25, 0.3) is 0 Å². The molecule has 0 fully saturated rings. The van der Waals surface area contributed by atoms with Crippen LogP contribution in [0.15, 0.2) is 30.3 Å². The number of thioether (sulfide) groups is 1. The predicted molar refractivity (Wildman–Crippen MR) is 108 cm³/mol. The van der Waals surface area contributed by atoms with Gasteiger partial charge >= 0.3 is 0 Å². The Morgan fingerprint density at radius 3 is 2.69 bits per heavy atom. The van der Waals surface area contributed by atoms with E-state index in [1.807, 2.05) is 44.2 Å². The van der Waals surface area contributed by atoms with Gasteiger partial charge in [-0.05, 0) is 42.7 Å². The molecule has 2 aromatic carbocycles. The average Bonchev–Trinajstić information content (AvgIpc) is 2.84. The number of anilines is 1. The van der Waals surface area contributed by atoms with E-state index in [9.17, 15) is 4.79 Å². The molecule has 0 aliphatic carbocycles. The number of carbonyl (C=O) groups excluding carboxylic acids is 1. The van der Waals surface area contributed by atoms with Crippen LogP contribution in [0.2, 0.25) is 5.02 Å². The Balaban J connectivity index is 1.57. The summed E-state index contributed by atoms with van der Waals surface area (Å²) in [6, 6.07) is 9.81. The van der Waals surface area contributed by atoms with Crippen LogP contribution in [0.3, 0.4) is 0 Å². The fraction of sp³-hybridized carbons (Fsp3) is 0.350. The van der Waals surface area contributed by atoms with Crippen molar-refractivity contribution in [2.75, 3.05) is 24.3 Å². The monoisotopic (exact) mass is 391 g/mol. The first-order valence-corrected chi connectivity index (χ1v) is 10.1. The molecule has 6 heteroatoms. The molecule has 1 aliphatic heterocycles. The SMILES string of the molecule is Cc1cccc(C)c1NC(=O)CSCc1cc(Cl)c2c(c1)OCCCO2. The summed E-state index contributed by atoms with van der Waals surface area (Å²) in [4.78, 5) is 12.2. The lowest BCUT2D eigenvalue weighted by atomic mass is 10.1. The van der Waals surface area contributed by atoms with Crippen molar-refractivity contribution in [3.8, 4) is 11.5 Å². The summed E-state index contributed by atoms with van der Waals surface area (Å²) in [6.45, 7) is 5.22. The number of hydrogen-bond acceptors (Lipinski definition) is 4. The van der Waals surface area contributed by atoms with Crippen molar-refractivity contribution in [3.63, 3.8) is 0 Å². The Kier molecular flexibility index (Phi) is 6.33. The first-order chi connectivity index (χ1) is 12.5. The quantitative estimate of drug-likeness (QED) is 0.779. The van der Waals surface area contributed by atoms with Crippen LogP contribution < -0.4 is 14.8 Å². The van der Waals surface area contributed by atoms with Gasteiger partial charge in [-0.25, -0.2) is 0 Å². The molecule has 0 aromatic heterocycles. The van der Waals surface area contributed by atoms with Crippen LogP contribution in [0.5, 0.6) is 11.5 Å². The number of hydrogen-bond donors (Lipinski definition) is 1. The third-order valence-electron chi connectivity index (χ3n) is 4.11. The van der Waals surface area contributed by atoms with Gasteiger partial charge < -0.3 is 14.8 Å². The molecule has 2 aromatic rings. The molecular formula is C20H22ClNO3S. The van der Waals surface area contributed by atoms with Crippen molar-refractivity contribution < 1.29 is 14.3 Å². The second-order valence-corrected chi connectivity index (χ2v) is 7.66. The Morgan fingerprint density at radius 1 is 1.19 bits per heavy atom. The largest absolute Gasteiger partial charge is 0.489 e. The number of fused-ring (bicyclic) bond motifs is 1. The minimum atomic E-state index is -0.00663. The molecule has 138 valence electrons. The molecule has 26 heavy (non-hydrogen) atoms. The molecule has 0 spiro atoms. The van der Waals surface area contributed by atoms with Crippen LogP contribution in [0.25, 0.3) is 0 Å². The molecule has 0 radical (unpaired) electrons. The number of carbonyl (C=O) groups is 1. The predicted octanol–water partition coefficient (Wildman–Crippen LogP) is 4.99. The van der Waals surface area contributed by atoms with Gasteiger partial charge in [0.2, 0.25) is 5.91 Å².